The van der Waals surface area contributed by atoms with Crippen molar-refractivity contribution in [2.75, 3.05) is 18.5 Å². The maximum Gasteiger partial charge on any atom is 0.251 e. The van der Waals surface area contributed by atoms with Gasteiger partial charge in [0.05, 0.1) is 5.25 Å². The molecule has 0 aliphatic carbocycles. The summed E-state index contributed by atoms with van der Waals surface area (Å²) in [5.74, 6) is 1.09. The lowest BCUT2D eigenvalue weighted by Crippen LogP contribution is -2.23. The van der Waals surface area contributed by atoms with Gasteiger partial charge in [0.1, 0.15) is 13.2 Å². The summed E-state index contributed by atoms with van der Waals surface area (Å²) >= 11 is 1.18. The summed E-state index contributed by atoms with van der Waals surface area (Å²) in [6, 6.07) is 6.57. The molecule has 0 saturated carbocycles. The second kappa shape index (κ2) is 6.74. The highest BCUT2D eigenvalue weighted by Gasteiger charge is 2.17. The Hall–Kier alpha value is -2.48. The fourth-order valence-corrected chi connectivity index (χ4v) is 2.78. The molecule has 0 saturated heterocycles. The van der Waals surface area contributed by atoms with Crippen LogP contribution in [0.25, 0.3) is 0 Å². The normalized spacial score (nSPS) is 14.1. The maximum atomic E-state index is 12.2. The number of aromatic amines is 1. The van der Waals surface area contributed by atoms with Crippen LogP contribution in [0.1, 0.15) is 6.92 Å². The molecule has 23 heavy (non-hydrogen) atoms. The molecular formula is C15H15N3O4S. The lowest BCUT2D eigenvalue weighted by Gasteiger charge is -2.19. The third-order valence-corrected chi connectivity index (χ3v) is 4.11. The van der Waals surface area contributed by atoms with Gasteiger partial charge in [0.2, 0.25) is 5.91 Å². The molecule has 120 valence electrons. The molecule has 2 N–H and O–H groups in total. The summed E-state index contributed by atoms with van der Waals surface area (Å²) in [6.07, 6.45) is 1.41. The zero-order valence-corrected chi connectivity index (χ0v) is 13.2. The summed E-state index contributed by atoms with van der Waals surface area (Å²) in [7, 11) is 0. The average molecular weight is 333 g/mol. The number of ether oxygens (including phenoxy) is 2. The van der Waals surface area contributed by atoms with Gasteiger partial charge in [0.25, 0.3) is 5.56 Å². The highest BCUT2D eigenvalue weighted by atomic mass is 32.2. The van der Waals surface area contributed by atoms with Crippen LogP contribution in [0.3, 0.4) is 0 Å². The molecule has 3 rings (SSSR count). The Kier molecular flexibility index (Phi) is 4.52. The van der Waals surface area contributed by atoms with Crippen molar-refractivity contribution in [3.05, 3.63) is 40.8 Å². The summed E-state index contributed by atoms with van der Waals surface area (Å²) in [4.78, 5) is 30.1. The first-order valence-electron chi connectivity index (χ1n) is 7.04. The summed E-state index contributed by atoms with van der Waals surface area (Å²) in [5.41, 5.74) is 0.378. The largest absolute Gasteiger partial charge is 0.486 e. The molecule has 0 bridgehead atoms. The number of amides is 1. The molecule has 1 aliphatic heterocycles. The van der Waals surface area contributed by atoms with Crippen LogP contribution < -0.4 is 20.3 Å². The first-order chi connectivity index (χ1) is 11.1. The number of hydrogen-bond donors (Lipinski definition) is 2. The van der Waals surface area contributed by atoms with E-state index in [1.165, 1.54) is 24.0 Å². The van der Waals surface area contributed by atoms with Gasteiger partial charge < -0.3 is 19.8 Å². The Morgan fingerprint density at radius 3 is 2.87 bits per heavy atom. The van der Waals surface area contributed by atoms with Gasteiger partial charge in [-0.3, -0.25) is 9.59 Å². The number of fused-ring (bicyclic) bond motifs is 1. The van der Waals surface area contributed by atoms with Gasteiger partial charge in [0.15, 0.2) is 16.7 Å². The summed E-state index contributed by atoms with van der Waals surface area (Å²) in [6.45, 7) is 2.75. The fraction of sp³-hybridized carbons (Fsp3) is 0.267. The molecule has 1 amide bonds. The molecular weight excluding hydrogens is 318 g/mol. The van der Waals surface area contributed by atoms with Gasteiger partial charge in [-0.05, 0) is 19.1 Å². The Labute approximate surface area is 136 Å². The van der Waals surface area contributed by atoms with Crippen molar-refractivity contribution in [2.45, 2.75) is 17.3 Å². The highest BCUT2D eigenvalue weighted by molar-refractivity contribution is 8.00. The number of thioether (sulfide) groups is 1. The Morgan fingerprint density at radius 1 is 1.30 bits per heavy atom. The zero-order chi connectivity index (χ0) is 16.2. The standard InChI is InChI=1S/C15H15N3O4S/c1-9(23-15-16-5-4-13(19)18-15)14(20)17-10-2-3-11-12(8-10)22-7-6-21-11/h2-5,8-9H,6-7H2,1H3,(H,17,20)(H,16,18,19)/t9-/m0/s1. The van der Waals surface area contributed by atoms with Crippen LogP contribution >= 0.6 is 11.8 Å². The van der Waals surface area contributed by atoms with Crippen LogP contribution in [0.4, 0.5) is 5.69 Å². The molecule has 1 aromatic carbocycles. The van der Waals surface area contributed by atoms with Crippen molar-refractivity contribution < 1.29 is 14.3 Å². The van der Waals surface area contributed by atoms with Gasteiger partial charge in [-0.1, -0.05) is 11.8 Å². The van der Waals surface area contributed by atoms with Crippen molar-refractivity contribution in [1.29, 1.82) is 0 Å². The number of carbonyl (C=O) groups is 1. The van der Waals surface area contributed by atoms with Gasteiger partial charge in [-0.15, -0.1) is 0 Å². The Bertz CT molecular complexity index is 777. The minimum atomic E-state index is -0.422. The third kappa shape index (κ3) is 3.84. The number of carbonyl (C=O) groups excluding carboxylic acids is 1. The number of H-pyrrole nitrogens is 1. The Balaban J connectivity index is 1.65. The molecule has 1 aliphatic rings. The summed E-state index contributed by atoms with van der Waals surface area (Å²) < 4.78 is 10.9. The predicted molar refractivity (Wildman–Crippen MR) is 86.2 cm³/mol. The smallest absolute Gasteiger partial charge is 0.251 e. The second-order valence-electron chi connectivity index (χ2n) is 4.85. The molecule has 0 spiro atoms. The van der Waals surface area contributed by atoms with Crippen LogP contribution in [0.15, 0.2) is 40.4 Å². The SMILES string of the molecule is C[C@H](Sc1nccc(=O)[nH]1)C(=O)Nc1ccc2c(c1)OCCO2. The lowest BCUT2D eigenvalue weighted by molar-refractivity contribution is -0.115. The molecule has 0 fully saturated rings. The molecule has 1 atom stereocenters. The van der Waals surface area contributed by atoms with Gasteiger partial charge >= 0.3 is 0 Å². The van der Waals surface area contributed by atoms with Crippen molar-refractivity contribution in [3.8, 4) is 11.5 Å². The van der Waals surface area contributed by atoms with Gasteiger partial charge in [-0.2, -0.15) is 0 Å². The Morgan fingerprint density at radius 2 is 2.09 bits per heavy atom. The van der Waals surface area contributed by atoms with Crippen molar-refractivity contribution in [1.82, 2.24) is 9.97 Å². The second-order valence-corrected chi connectivity index (χ2v) is 6.18. The van der Waals surface area contributed by atoms with Crippen LogP contribution in [0.2, 0.25) is 0 Å². The minimum absolute atomic E-state index is 0.196. The highest BCUT2D eigenvalue weighted by Crippen LogP contribution is 2.32. The summed E-state index contributed by atoms with van der Waals surface area (Å²) in [5, 5.41) is 2.79. The molecule has 2 heterocycles. The number of nitrogens with zero attached hydrogens (tertiary/aromatic N) is 1. The topological polar surface area (TPSA) is 93.3 Å². The van der Waals surface area contributed by atoms with Crippen LogP contribution in [0, 0.1) is 0 Å². The van der Waals surface area contributed by atoms with Crippen LogP contribution in [-0.2, 0) is 4.79 Å². The predicted octanol–water partition coefficient (Wildman–Crippen LogP) is 1.66. The van der Waals surface area contributed by atoms with E-state index in [0.29, 0.717) is 35.6 Å². The van der Waals surface area contributed by atoms with Gasteiger partial charge in [-0.25, -0.2) is 4.98 Å². The first-order valence-corrected chi connectivity index (χ1v) is 7.92. The van der Waals surface area contributed by atoms with E-state index in [9.17, 15) is 9.59 Å². The van der Waals surface area contributed by atoms with Gasteiger partial charge in [0, 0.05) is 24.0 Å². The minimum Gasteiger partial charge on any atom is -0.486 e. The van der Waals surface area contributed by atoms with E-state index in [2.05, 4.69) is 15.3 Å². The zero-order valence-electron chi connectivity index (χ0n) is 12.4. The third-order valence-electron chi connectivity index (χ3n) is 3.12. The fourth-order valence-electron chi connectivity index (χ4n) is 2.00. The van der Waals surface area contributed by atoms with E-state index in [1.807, 2.05) is 0 Å². The van der Waals surface area contributed by atoms with E-state index in [0.717, 1.165) is 0 Å². The molecule has 1 aromatic heterocycles. The van der Waals surface area contributed by atoms with Crippen LogP contribution in [-0.4, -0.2) is 34.3 Å². The maximum absolute atomic E-state index is 12.2. The van der Waals surface area contributed by atoms with E-state index in [4.69, 9.17) is 9.47 Å². The number of hydrogen-bond acceptors (Lipinski definition) is 6. The first kappa shape index (κ1) is 15.4. The van der Waals surface area contributed by atoms with Crippen molar-refractivity contribution in [2.24, 2.45) is 0 Å². The average Bonchev–Trinajstić information content (AvgIpc) is 2.54. The van der Waals surface area contributed by atoms with E-state index >= 15 is 0 Å². The number of aromatic nitrogens is 2. The molecule has 7 nitrogen and oxygen atoms in total. The molecule has 0 unspecified atom stereocenters. The molecule has 2 aromatic rings. The monoisotopic (exact) mass is 333 g/mol. The number of rotatable bonds is 4. The molecule has 8 heteroatoms. The van der Waals surface area contributed by atoms with Crippen LogP contribution in [0.5, 0.6) is 11.5 Å². The van der Waals surface area contributed by atoms with E-state index in [-0.39, 0.29) is 11.5 Å². The quantitative estimate of drug-likeness (QED) is 0.653. The van der Waals surface area contributed by atoms with E-state index in [1.54, 1.807) is 25.1 Å². The number of benzene rings is 1. The van der Waals surface area contributed by atoms with E-state index < -0.39 is 5.25 Å². The number of nitrogens with one attached hydrogen (secondary N) is 2. The number of anilines is 1. The lowest BCUT2D eigenvalue weighted by atomic mass is 10.2. The molecule has 0 radical (unpaired) electrons. The van der Waals surface area contributed by atoms with Crippen molar-refractivity contribution in [3.63, 3.8) is 0 Å². The van der Waals surface area contributed by atoms with Crippen molar-refractivity contribution >= 4 is 23.4 Å².